The number of hydrogen-bond acceptors (Lipinski definition) is 6. The zero-order valence-electron chi connectivity index (χ0n) is 19.4. The smallest absolute Gasteiger partial charge is 0.264 e. The predicted octanol–water partition coefficient (Wildman–Crippen LogP) is 4.14. The number of rotatable bonds is 12. The van der Waals surface area contributed by atoms with Gasteiger partial charge in [-0.2, -0.15) is 0 Å². The maximum absolute atomic E-state index is 13.4. The van der Waals surface area contributed by atoms with Gasteiger partial charge in [0.15, 0.2) is 0 Å². The quantitative estimate of drug-likeness (QED) is 0.362. The molecule has 0 aliphatic carbocycles. The van der Waals surface area contributed by atoms with Gasteiger partial charge >= 0.3 is 0 Å². The summed E-state index contributed by atoms with van der Waals surface area (Å²) in [7, 11) is -2.46. The molecule has 0 saturated heterocycles. The average molecular weight is 519 g/mol. The van der Waals surface area contributed by atoms with Crippen LogP contribution in [-0.4, -0.2) is 47.7 Å². The van der Waals surface area contributed by atoms with Crippen LogP contribution in [0.2, 0.25) is 5.02 Å². The number of methoxy groups -OCH3 is 1. The Morgan fingerprint density at radius 2 is 1.46 bits per heavy atom. The largest absolute Gasteiger partial charge is 0.497 e. The Morgan fingerprint density at radius 1 is 0.886 bits per heavy atom. The highest BCUT2D eigenvalue weighted by molar-refractivity contribution is 7.92. The minimum absolute atomic E-state index is 0.0198. The van der Waals surface area contributed by atoms with E-state index in [9.17, 15) is 13.2 Å². The van der Waals surface area contributed by atoms with Crippen LogP contribution >= 0.6 is 11.6 Å². The summed E-state index contributed by atoms with van der Waals surface area (Å²) in [5.74, 6) is 1.46. The van der Waals surface area contributed by atoms with Gasteiger partial charge in [0.1, 0.15) is 30.4 Å². The van der Waals surface area contributed by atoms with Gasteiger partial charge in [-0.25, -0.2) is 8.42 Å². The van der Waals surface area contributed by atoms with Crippen LogP contribution in [0.4, 0.5) is 5.69 Å². The summed E-state index contributed by atoms with van der Waals surface area (Å²) >= 11 is 5.92. The lowest BCUT2D eigenvalue weighted by Gasteiger charge is -2.24. The molecule has 0 unspecified atom stereocenters. The summed E-state index contributed by atoms with van der Waals surface area (Å²) in [4.78, 5) is 12.7. The second-order valence-electron chi connectivity index (χ2n) is 7.27. The Kier molecular flexibility index (Phi) is 9.22. The van der Waals surface area contributed by atoms with Crippen molar-refractivity contribution in [2.75, 3.05) is 37.7 Å². The fourth-order valence-corrected chi connectivity index (χ4v) is 4.69. The molecule has 0 heterocycles. The van der Waals surface area contributed by atoms with Crippen LogP contribution < -0.4 is 23.8 Å². The van der Waals surface area contributed by atoms with E-state index in [1.54, 1.807) is 55.6 Å². The molecule has 0 spiro atoms. The van der Waals surface area contributed by atoms with Crippen LogP contribution in [0.5, 0.6) is 17.2 Å². The first-order valence-corrected chi connectivity index (χ1v) is 12.7. The molecule has 1 amide bonds. The summed E-state index contributed by atoms with van der Waals surface area (Å²) in [6, 6.07) is 19.3. The van der Waals surface area contributed by atoms with Gasteiger partial charge in [0, 0.05) is 5.02 Å². The number of benzene rings is 3. The Labute approximate surface area is 210 Å². The Bertz CT molecular complexity index is 1200. The van der Waals surface area contributed by atoms with E-state index in [0.29, 0.717) is 34.6 Å². The first kappa shape index (κ1) is 26.2. The van der Waals surface area contributed by atoms with Crippen molar-refractivity contribution in [1.29, 1.82) is 0 Å². The molecule has 0 fully saturated rings. The first-order valence-electron chi connectivity index (χ1n) is 10.9. The van der Waals surface area contributed by atoms with Gasteiger partial charge in [-0.15, -0.1) is 0 Å². The average Bonchev–Trinajstić information content (AvgIpc) is 2.86. The first-order chi connectivity index (χ1) is 16.8. The minimum atomic E-state index is -4.04. The predicted molar refractivity (Wildman–Crippen MR) is 135 cm³/mol. The lowest BCUT2D eigenvalue weighted by atomic mass is 10.3. The summed E-state index contributed by atoms with van der Waals surface area (Å²) in [6.07, 6.45) is 0. The van der Waals surface area contributed by atoms with Gasteiger partial charge < -0.3 is 19.5 Å². The summed E-state index contributed by atoms with van der Waals surface area (Å²) in [5.41, 5.74) is 0.327. The summed E-state index contributed by atoms with van der Waals surface area (Å²) in [6.45, 7) is 2.33. The number of amides is 1. The van der Waals surface area contributed by atoms with E-state index in [-0.39, 0.29) is 18.0 Å². The molecule has 186 valence electrons. The third kappa shape index (κ3) is 7.27. The third-order valence-corrected chi connectivity index (χ3v) is 6.92. The highest BCUT2D eigenvalue weighted by Crippen LogP contribution is 2.26. The molecule has 0 atom stereocenters. The van der Waals surface area contributed by atoms with E-state index < -0.39 is 22.5 Å². The van der Waals surface area contributed by atoms with E-state index in [4.69, 9.17) is 25.8 Å². The zero-order valence-corrected chi connectivity index (χ0v) is 21.0. The zero-order chi connectivity index (χ0) is 25.3. The third-order valence-electron chi connectivity index (χ3n) is 4.88. The number of nitrogens with one attached hydrogen (secondary N) is 1. The van der Waals surface area contributed by atoms with Crippen LogP contribution in [0.15, 0.2) is 77.7 Å². The molecule has 0 aliphatic heterocycles. The number of carbonyl (C=O) groups is 1. The molecule has 0 saturated carbocycles. The Balaban J connectivity index is 1.69. The maximum atomic E-state index is 13.4. The number of carbonyl (C=O) groups excluding carboxylic acids is 1. The van der Waals surface area contributed by atoms with Gasteiger partial charge in [0.2, 0.25) is 5.91 Å². The van der Waals surface area contributed by atoms with E-state index >= 15 is 0 Å². The highest BCUT2D eigenvalue weighted by atomic mass is 35.5. The van der Waals surface area contributed by atoms with Gasteiger partial charge in [0.25, 0.3) is 10.0 Å². The van der Waals surface area contributed by atoms with Crippen molar-refractivity contribution in [2.24, 2.45) is 0 Å². The minimum Gasteiger partial charge on any atom is -0.497 e. The van der Waals surface area contributed by atoms with E-state index in [1.165, 1.54) is 24.3 Å². The molecule has 3 aromatic carbocycles. The Hall–Kier alpha value is -3.43. The van der Waals surface area contributed by atoms with E-state index in [1.807, 2.05) is 6.92 Å². The molecule has 8 nitrogen and oxygen atoms in total. The topological polar surface area (TPSA) is 94.2 Å². The van der Waals surface area contributed by atoms with Crippen molar-refractivity contribution in [2.45, 2.75) is 11.8 Å². The SMILES string of the molecule is CCOc1ccc(N(CC(=O)NCCOc2ccc(OC)cc2)S(=O)(=O)c2ccc(Cl)cc2)cc1. The van der Waals surface area contributed by atoms with Gasteiger partial charge in [-0.3, -0.25) is 9.10 Å². The van der Waals surface area contributed by atoms with Crippen molar-refractivity contribution in [1.82, 2.24) is 5.32 Å². The number of nitrogens with zero attached hydrogens (tertiary/aromatic N) is 1. The monoisotopic (exact) mass is 518 g/mol. The van der Waals surface area contributed by atoms with Crippen LogP contribution in [-0.2, 0) is 14.8 Å². The fourth-order valence-electron chi connectivity index (χ4n) is 3.14. The summed E-state index contributed by atoms with van der Waals surface area (Å²) in [5, 5.41) is 3.11. The highest BCUT2D eigenvalue weighted by Gasteiger charge is 2.27. The van der Waals surface area contributed by atoms with E-state index in [2.05, 4.69) is 5.32 Å². The number of sulfonamides is 1. The second kappa shape index (κ2) is 12.3. The van der Waals surface area contributed by atoms with Gasteiger partial charge in [-0.05, 0) is 79.7 Å². The number of ether oxygens (including phenoxy) is 3. The molecular formula is C25H27ClN2O6S. The summed E-state index contributed by atoms with van der Waals surface area (Å²) < 4.78 is 44.0. The van der Waals surface area contributed by atoms with Crippen LogP contribution in [0.3, 0.4) is 0 Å². The maximum Gasteiger partial charge on any atom is 0.264 e. The molecule has 35 heavy (non-hydrogen) atoms. The normalized spacial score (nSPS) is 10.9. The molecule has 0 aromatic heterocycles. The molecule has 10 heteroatoms. The molecule has 0 radical (unpaired) electrons. The van der Waals surface area contributed by atoms with Crippen molar-refractivity contribution < 1.29 is 27.4 Å². The van der Waals surface area contributed by atoms with Crippen LogP contribution in [0, 0.1) is 0 Å². The Morgan fingerprint density at radius 3 is 2.06 bits per heavy atom. The lowest BCUT2D eigenvalue weighted by molar-refractivity contribution is -0.119. The van der Waals surface area contributed by atoms with E-state index in [0.717, 1.165) is 4.31 Å². The van der Waals surface area contributed by atoms with Crippen LogP contribution in [0.25, 0.3) is 0 Å². The van der Waals surface area contributed by atoms with Crippen molar-refractivity contribution in [3.63, 3.8) is 0 Å². The number of hydrogen-bond donors (Lipinski definition) is 1. The van der Waals surface area contributed by atoms with Crippen molar-refractivity contribution in [3.05, 3.63) is 77.8 Å². The van der Waals surface area contributed by atoms with Crippen LogP contribution in [0.1, 0.15) is 6.92 Å². The van der Waals surface area contributed by atoms with Crippen molar-refractivity contribution in [3.8, 4) is 17.2 Å². The van der Waals surface area contributed by atoms with Crippen molar-refractivity contribution >= 4 is 33.2 Å². The molecular weight excluding hydrogens is 492 g/mol. The second-order valence-corrected chi connectivity index (χ2v) is 9.57. The number of halogens is 1. The molecule has 3 rings (SSSR count). The lowest BCUT2D eigenvalue weighted by Crippen LogP contribution is -2.41. The standard InChI is InChI=1S/C25H27ClN2O6S/c1-3-33-22-8-6-20(7-9-22)28(35(30,31)24-14-4-19(26)5-15-24)18-25(29)27-16-17-34-23-12-10-21(32-2)11-13-23/h4-15H,3,16-18H2,1-2H3,(H,27,29). The molecule has 0 aliphatic rings. The molecule has 1 N–H and O–H groups in total. The fraction of sp³-hybridized carbons (Fsp3) is 0.240. The van der Waals surface area contributed by atoms with Gasteiger partial charge in [-0.1, -0.05) is 11.6 Å². The molecule has 0 bridgehead atoms. The van der Waals surface area contributed by atoms with Gasteiger partial charge in [0.05, 0.1) is 30.8 Å². The number of anilines is 1. The molecule has 3 aromatic rings.